The Bertz CT molecular complexity index is 460. The molecule has 0 spiro atoms. The van der Waals surface area contributed by atoms with Crippen molar-refractivity contribution in [2.75, 3.05) is 25.0 Å². The van der Waals surface area contributed by atoms with Crippen LogP contribution in [-0.4, -0.2) is 30.1 Å². The maximum absolute atomic E-state index is 4.73. The van der Waals surface area contributed by atoms with Crippen molar-refractivity contribution in [2.24, 2.45) is 11.8 Å². The van der Waals surface area contributed by atoms with Gasteiger partial charge in [0.1, 0.15) is 0 Å². The Kier molecular flexibility index (Phi) is 4.20. The Hall–Kier alpha value is -1.16. The molecule has 2 fully saturated rings. The summed E-state index contributed by atoms with van der Waals surface area (Å²) in [5.41, 5.74) is 2.30. The second-order valence-electron chi connectivity index (χ2n) is 6.35. The number of aromatic nitrogens is 2. The number of fused-ring (bicyclic) bond motifs is 1. The van der Waals surface area contributed by atoms with E-state index >= 15 is 0 Å². The lowest BCUT2D eigenvalue weighted by molar-refractivity contribution is 0.201. The van der Waals surface area contributed by atoms with Crippen molar-refractivity contribution in [1.82, 2.24) is 15.3 Å². The fourth-order valence-corrected chi connectivity index (χ4v) is 3.78. The van der Waals surface area contributed by atoms with Crippen LogP contribution in [-0.2, 0) is 6.54 Å². The quantitative estimate of drug-likeness (QED) is 0.919. The first-order valence-electron chi connectivity index (χ1n) is 8.00. The molecule has 2 atom stereocenters. The Balaban J connectivity index is 1.71. The number of nitrogens with one attached hydrogen (secondary N) is 1. The van der Waals surface area contributed by atoms with E-state index < -0.39 is 0 Å². The predicted octanol–water partition coefficient (Wildman–Crippen LogP) is 2.52. The molecular weight excluding hydrogens is 248 g/mol. The monoisotopic (exact) mass is 274 g/mol. The average Bonchev–Trinajstić information content (AvgIpc) is 2.49. The molecule has 0 aromatic carbocycles. The molecule has 110 valence electrons. The van der Waals surface area contributed by atoms with Gasteiger partial charge in [0.15, 0.2) is 0 Å². The molecule has 0 radical (unpaired) electrons. The van der Waals surface area contributed by atoms with Crippen LogP contribution < -0.4 is 10.2 Å². The fraction of sp³-hybridized carbons (Fsp3) is 0.750. The maximum Gasteiger partial charge on any atom is 0.225 e. The van der Waals surface area contributed by atoms with E-state index in [2.05, 4.69) is 22.1 Å². The molecule has 2 aliphatic rings. The molecule has 1 aromatic rings. The van der Waals surface area contributed by atoms with Gasteiger partial charge in [0.25, 0.3) is 0 Å². The van der Waals surface area contributed by atoms with E-state index in [1.807, 2.05) is 13.2 Å². The van der Waals surface area contributed by atoms with E-state index in [1.165, 1.54) is 37.7 Å². The first-order chi connectivity index (χ1) is 9.78. The molecule has 4 heteroatoms. The van der Waals surface area contributed by atoms with Crippen molar-refractivity contribution in [2.45, 2.75) is 45.6 Å². The summed E-state index contributed by atoms with van der Waals surface area (Å²) in [7, 11) is 1.96. The lowest BCUT2D eigenvalue weighted by Gasteiger charge is -2.41. The standard InChI is InChI=1S/C16H26N4/c1-12-15(9-17-2)10-18-16(19-12)20-8-7-13-5-3-4-6-14(13)11-20/h10,13-14,17H,3-9,11H2,1-2H3. The zero-order valence-corrected chi connectivity index (χ0v) is 12.7. The SMILES string of the molecule is CNCc1cnc(N2CCC3CCCCC3C2)nc1C. The van der Waals surface area contributed by atoms with Crippen molar-refractivity contribution in [3.63, 3.8) is 0 Å². The van der Waals surface area contributed by atoms with Crippen LogP contribution in [0.3, 0.4) is 0 Å². The molecule has 2 heterocycles. The minimum Gasteiger partial charge on any atom is -0.341 e. The third-order valence-corrected chi connectivity index (χ3v) is 5.01. The van der Waals surface area contributed by atoms with Crippen LogP contribution in [0.4, 0.5) is 5.95 Å². The normalized spacial score (nSPS) is 26.4. The molecular formula is C16H26N4. The molecule has 4 nitrogen and oxygen atoms in total. The highest BCUT2D eigenvalue weighted by molar-refractivity contribution is 5.33. The zero-order chi connectivity index (χ0) is 13.9. The number of nitrogens with zero attached hydrogens (tertiary/aromatic N) is 3. The fourth-order valence-electron chi connectivity index (χ4n) is 3.78. The molecule has 20 heavy (non-hydrogen) atoms. The molecule has 1 saturated carbocycles. The largest absolute Gasteiger partial charge is 0.341 e. The summed E-state index contributed by atoms with van der Waals surface area (Å²) >= 11 is 0. The highest BCUT2D eigenvalue weighted by Crippen LogP contribution is 2.36. The second kappa shape index (κ2) is 6.08. The highest BCUT2D eigenvalue weighted by atomic mass is 15.3. The number of piperidine rings is 1. The topological polar surface area (TPSA) is 41.1 Å². The van der Waals surface area contributed by atoms with Crippen molar-refractivity contribution in [3.05, 3.63) is 17.5 Å². The maximum atomic E-state index is 4.73. The van der Waals surface area contributed by atoms with E-state index in [0.717, 1.165) is 43.1 Å². The van der Waals surface area contributed by atoms with Crippen LogP contribution >= 0.6 is 0 Å². The van der Waals surface area contributed by atoms with Gasteiger partial charge in [0.2, 0.25) is 5.95 Å². The average molecular weight is 274 g/mol. The third-order valence-electron chi connectivity index (χ3n) is 5.01. The Labute approximate surface area is 122 Å². The summed E-state index contributed by atoms with van der Waals surface area (Å²) in [4.78, 5) is 11.7. The number of hydrogen-bond donors (Lipinski definition) is 1. The van der Waals surface area contributed by atoms with Gasteiger partial charge in [-0.25, -0.2) is 9.97 Å². The van der Waals surface area contributed by atoms with Crippen molar-refractivity contribution in [3.8, 4) is 0 Å². The van der Waals surface area contributed by atoms with Gasteiger partial charge in [0, 0.05) is 37.1 Å². The van der Waals surface area contributed by atoms with Crippen molar-refractivity contribution in [1.29, 1.82) is 0 Å². The Morgan fingerprint density at radius 2 is 2.05 bits per heavy atom. The molecule has 2 unspecified atom stereocenters. The first kappa shape index (κ1) is 13.8. The summed E-state index contributed by atoms with van der Waals surface area (Å²) in [5, 5.41) is 3.17. The van der Waals surface area contributed by atoms with Gasteiger partial charge >= 0.3 is 0 Å². The molecule has 1 saturated heterocycles. The van der Waals surface area contributed by atoms with Gasteiger partial charge in [-0.3, -0.25) is 0 Å². The Morgan fingerprint density at radius 1 is 1.25 bits per heavy atom. The summed E-state index contributed by atoms with van der Waals surface area (Å²) < 4.78 is 0. The molecule has 0 bridgehead atoms. The Morgan fingerprint density at radius 3 is 2.80 bits per heavy atom. The smallest absolute Gasteiger partial charge is 0.225 e. The molecule has 1 aliphatic carbocycles. The highest BCUT2D eigenvalue weighted by Gasteiger charge is 2.32. The van der Waals surface area contributed by atoms with E-state index in [1.54, 1.807) is 0 Å². The van der Waals surface area contributed by atoms with Gasteiger partial charge in [-0.2, -0.15) is 0 Å². The third kappa shape index (κ3) is 2.80. The molecule has 3 rings (SSSR count). The van der Waals surface area contributed by atoms with Crippen LogP contribution in [0, 0.1) is 18.8 Å². The van der Waals surface area contributed by atoms with Crippen molar-refractivity contribution >= 4 is 5.95 Å². The van der Waals surface area contributed by atoms with Crippen molar-refractivity contribution < 1.29 is 0 Å². The molecule has 1 aliphatic heterocycles. The van der Waals surface area contributed by atoms with E-state index in [-0.39, 0.29) is 0 Å². The summed E-state index contributed by atoms with van der Waals surface area (Å²) in [6, 6.07) is 0. The van der Waals surface area contributed by atoms with E-state index in [4.69, 9.17) is 4.98 Å². The number of aryl methyl sites for hydroxylation is 1. The predicted molar refractivity (Wildman–Crippen MR) is 81.8 cm³/mol. The van der Waals surface area contributed by atoms with E-state index in [0.29, 0.717) is 0 Å². The second-order valence-corrected chi connectivity index (χ2v) is 6.35. The zero-order valence-electron chi connectivity index (χ0n) is 12.7. The summed E-state index contributed by atoms with van der Waals surface area (Å²) in [6.07, 6.45) is 9.01. The van der Waals surface area contributed by atoms with Gasteiger partial charge in [-0.1, -0.05) is 19.3 Å². The minimum atomic E-state index is 0.844. The van der Waals surface area contributed by atoms with Gasteiger partial charge in [0.05, 0.1) is 0 Å². The van der Waals surface area contributed by atoms with Crippen LogP contribution in [0.1, 0.15) is 43.4 Å². The van der Waals surface area contributed by atoms with Crippen LogP contribution in [0.2, 0.25) is 0 Å². The van der Waals surface area contributed by atoms with Gasteiger partial charge < -0.3 is 10.2 Å². The summed E-state index contributed by atoms with van der Waals surface area (Å²) in [6.45, 7) is 5.23. The molecule has 0 amide bonds. The van der Waals surface area contributed by atoms with Crippen LogP contribution in [0.15, 0.2) is 6.20 Å². The molecule has 1 N–H and O–H groups in total. The van der Waals surface area contributed by atoms with E-state index in [9.17, 15) is 0 Å². The minimum absolute atomic E-state index is 0.844. The van der Waals surface area contributed by atoms with Gasteiger partial charge in [-0.05, 0) is 38.6 Å². The number of rotatable bonds is 3. The van der Waals surface area contributed by atoms with Gasteiger partial charge in [-0.15, -0.1) is 0 Å². The first-order valence-corrected chi connectivity index (χ1v) is 8.00. The lowest BCUT2D eigenvalue weighted by Crippen LogP contribution is -2.42. The van der Waals surface area contributed by atoms with Crippen LogP contribution in [0.5, 0.6) is 0 Å². The van der Waals surface area contributed by atoms with Crippen LogP contribution in [0.25, 0.3) is 0 Å². The molecule has 1 aromatic heterocycles. The number of anilines is 1. The lowest BCUT2D eigenvalue weighted by atomic mass is 9.75. The number of hydrogen-bond acceptors (Lipinski definition) is 4. The summed E-state index contributed by atoms with van der Waals surface area (Å²) in [5.74, 6) is 2.77.